The van der Waals surface area contributed by atoms with E-state index in [1.807, 2.05) is 7.11 Å². The van der Waals surface area contributed by atoms with Crippen molar-refractivity contribution in [3.05, 3.63) is 0 Å². The summed E-state index contributed by atoms with van der Waals surface area (Å²) in [5.41, 5.74) is 0. The van der Waals surface area contributed by atoms with E-state index in [1.165, 1.54) is 0 Å². The van der Waals surface area contributed by atoms with Gasteiger partial charge in [-0.2, -0.15) is 0 Å². The molecule has 0 amide bonds. The maximum absolute atomic E-state index is 5.65. The van der Waals surface area contributed by atoms with Crippen molar-refractivity contribution >= 4 is 8.32 Å². The van der Waals surface area contributed by atoms with Crippen LogP contribution in [0.4, 0.5) is 0 Å². The minimum absolute atomic E-state index is 0.334. The van der Waals surface area contributed by atoms with Gasteiger partial charge in [-0.05, 0) is 32.5 Å². The molecule has 1 saturated heterocycles. The highest BCUT2D eigenvalue weighted by atomic mass is 28.4. The molecule has 0 aromatic heterocycles. The first-order valence-corrected chi connectivity index (χ1v) is 8.43. The number of hydrogen-bond donors (Lipinski definition) is 0. The minimum Gasteiger partial charge on any atom is -0.420 e. The standard InChI is InChI=1S/C10H22O3Si/c1-9(12-7-10-8-13-10)5-6-14(3,4)11-2/h9-10H,5-8H2,1-4H3. The van der Waals surface area contributed by atoms with Crippen LogP contribution in [0.15, 0.2) is 0 Å². The SMILES string of the molecule is CO[Si](C)(C)CCC(C)OCC1CO1. The fourth-order valence-electron chi connectivity index (χ4n) is 1.17. The Morgan fingerprint density at radius 1 is 1.50 bits per heavy atom. The third-order valence-electron chi connectivity index (χ3n) is 2.67. The molecule has 0 bridgehead atoms. The lowest BCUT2D eigenvalue weighted by molar-refractivity contribution is 0.0516. The van der Waals surface area contributed by atoms with E-state index >= 15 is 0 Å². The van der Waals surface area contributed by atoms with Crippen LogP contribution in [0.1, 0.15) is 13.3 Å². The fourth-order valence-corrected chi connectivity index (χ4v) is 2.48. The van der Waals surface area contributed by atoms with Crippen LogP contribution < -0.4 is 0 Å². The summed E-state index contributed by atoms with van der Waals surface area (Å²) >= 11 is 0. The van der Waals surface area contributed by atoms with Crippen LogP contribution in [0, 0.1) is 0 Å². The van der Waals surface area contributed by atoms with Gasteiger partial charge in [-0.1, -0.05) is 0 Å². The third kappa shape index (κ3) is 5.10. The first-order chi connectivity index (χ1) is 6.53. The average molecular weight is 218 g/mol. The summed E-state index contributed by atoms with van der Waals surface area (Å²) in [4.78, 5) is 0. The molecule has 0 aliphatic carbocycles. The van der Waals surface area contributed by atoms with Crippen molar-refractivity contribution in [2.75, 3.05) is 20.3 Å². The van der Waals surface area contributed by atoms with Crippen LogP contribution in [0.3, 0.4) is 0 Å². The molecule has 1 fully saturated rings. The lowest BCUT2D eigenvalue weighted by Crippen LogP contribution is -2.29. The topological polar surface area (TPSA) is 31.0 Å². The van der Waals surface area contributed by atoms with Gasteiger partial charge in [0.15, 0.2) is 8.32 Å². The average Bonchev–Trinajstić information content (AvgIpc) is 2.95. The Balaban J connectivity index is 2.03. The first-order valence-electron chi connectivity index (χ1n) is 5.32. The van der Waals surface area contributed by atoms with Crippen LogP contribution in [-0.4, -0.2) is 40.8 Å². The van der Waals surface area contributed by atoms with Gasteiger partial charge in [0.05, 0.1) is 19.3 Å². The van der Waals surface area contributed by atoms with Crippen molar-refractivity contribution < 1.29 is 13.9 Å². The monoisotopic (exact) mass is 218 g/mol. The second-order valence-corrected chi connectivity index (χ2v) is 9.03. The van der Waals surface area contributed by atoms with E-state index in [1.54, 1.807) is 0 Å². The fraction of sp³-hybridized carbons (Fsp3) is 1.00. The second-order valence-electron chi connectivity index (χ2n) is 4.60. The van der Waals surface area contributed by atoms with Crippen molar-refractivity contribution in [1.29, 1.82) is 0 Å². The molecule has 3 nitrogen and oxygen atoms in total. The van der Waals surface area contributed by atoms with Crippen LogP contribution in [0.2, 0.25) is 19.1 Å². The van der Waals surface area contributed by atoms with E-state index in [2.05, 4.69) is 20.0 Å². The van der Waals surface area contributed by atoms with Crippen LogP contribution >= 0.6 is 0 Å². The molecule has 2 unspecified atom stereocenters. The van der Waals surface area contributed by atoms with E-state index in [0.29, 0.717) is 12.2 Å². The Hall–Kier alpha value is 0.0969. The summed E-state index contributed by atoms with van der Waals surface area (Å²) in [7, 11) is 0.423. The first kappa shape index (κ1) is 12.2. The molecule has 0 aromatic carbocycles. The van der Waals surface area contributed by atoms with Gasteiger partial charge in [0.1, 0.15) is 6.10 Å². The summed E-state index contributed by atoms with van der Waals surface area (Å²) in [6, 6.07) is 1.16. The van der Waals surface area contributed by atoms with Crippen molar-refractivity contribution in [3.8, 4) is 0 Å². The van der Waals surface area contributed by atoms with Crippen LogP contribution in [-0.2, 0) is 13.9 Å². The van der Waals surface area contributed by atoms with Gasteiger partial charge in [-0.25, -0.2) is 0 Å². The zero-order valence-corrected chi connectivity index (χ0v) is 10.7. The maximum Gasteiger partial charge on any atom is 0.186 e. The zero-order chi connectivity index (χ0) is 10.6. The molecule has 0 saturated carbocycles. The van der Waals surface area contributed by atoms with Gasteiger partial charge in [0.2, 0.25) is 0 Å². The largest absolute Gasteiger partial charge is 0.420 e. The number of ether oxygens (including phenoxy) is 2. The molecule has 0 aromatic rings. The van der Waals surface area contributed by atoms with Crippen molar-refractivity contribution in [1.82, 2.24) is 0 Å². The Morgan fingerprint density at radius 3 is 2.64 bits per heavy atom. The van der Waals surface area contributed by atoms with Crippen LogP contribution in [0.5, 0.6) is 0 Å². The molecule has 2 atom stereocenters. The molecule has 0 N–H and O–H groups in total. The van der Waals surface area contributed by atoms with Gasteiger partial charge in [0, 0.05) is 7.11 Å². The van der Waals surface area contributed by atoms with Gasteiger partial charge in [-0.3, -0.25) is 0 Å². The van der Waals surface area contributed by atoms with Gasteiger partial charge in [-0.15, -0.1) is 0 Å². The molecule has 14 heavy (non-hydrogen) atoms. The highest BCUT2D eigenvalue weighted by Crippen LogP contribution is 2.17. The van der Waals surface area contributed by atoms with Crippen molar-refractivity contribution in [2.24, 2.45) is 0 Å². The molecule has 84 valence electrons. The highest BCUT2D eigenvalue weighted by molar-refractivity contribution is 6.71. The Labute approximate surface area is 87.9 Å². The predicted molar refractivity (Wildman–Crippen MR) is 59.1 cm³/mol. The zero-order valence-electron chi connectivity index (χ0n) is 9.71. The molecule has 1 aliphatic heterocycles. The molecule has 0 spiro atoms. The molecular weight excluding hydrogens is 196 g/mol. The number of epoxide rings is 1. The van der Waals surface area contributed by atoms with E-state index < -0.39 is 8.32 Å². The van der Waals surface area contributed by atoms with Gasteiger partial charge in [0.25, 0.3) is 0 Å². The Bertz CT molecular complexity index is 169. The van der Waals surface area contributed by atoms with Gasteiger partial charge < -0.3 is 13.9 Å². The highest BCUT2D eigenvalue weighted by Gasteiger charge is 2.25. The van der Waals surface area contributed by atoms with E-state index in [-0.39, 0.29) is 0 Å². The normalized spacial score (nSPS) is 23.6. The summed E-state index contributed by atoms with van der Waals surface area (Å²) in [6.07, 6.45) is 1.81. The smallest absolute Gasteiger partial charge is 0.186 e. The number of hydrogen-bond acceptors (Lipinski definition) is 3. The lowest BCUT2D eigenvalue weighted by Gasteiger charge is -2.22. The third-order valence-corrected chi connectivity index (χ3v) is 5.27. The number of rotatable bonds is 7. The predicted octanol–water partition coefficient (Wildman–Crippen LogP) is 2.03. The molecule has 1 aliphatic rings. The summed E-state index contributed by atoms with van der Waals surface area (Å²) < 4.78 is 16.2. The molecule has 1 rings (SSSR count). The molecular formula is C10H22O3Si. The summed E-state index contributed by atoms with van der Waals surface area (Å²) in [6.45, 7) is 8.25. The van der Waals surface area contributed by atoms with Crippen LogP contribution in [0.25, 0.3) is 0 Å². The van der Waals surface area contributed by atoms with Gasteiger partial charge >= 0.3 is 0 Å². The maximum atomic E-state index is 5.65. The van der Waals surface area contributed by atoms with E-state index in [4.69, 9.17) is 13.9 Å². The van der Waals surface area contributed by atoms with Crippen molar-refractivity contribution in [2.45, 2.75) is 44.7 Å². The Morgan fingerprint density at radius 2 is 2.14 bits per heavy atom. The quantitative estimate of drug-likeness (QED) is 0.484. The minimum atomic E-state index is -1.39. The second kappa shape index (κ2) is 5.26. The summed E-state index contributed by atoms with van der Waals surface area (Å²) in [5, 5.41) is 0. The summed E-state index contributed by atoms with van der Waals surface area (Å²) in [5.74, 6) is 0. The van der Waals surface area contributed by atoms with Crippen molar-refractivity contribution in [3.63, 3.8) is 0 Å². The Kier molecular flexibility index (Phi) is 4.57. The molecule has 4 heteroatoms. The van der Waals surface area contributed by atoms with E-state index in [0.717, 1.165) is 25.7 Å². The molecule has 1 heterocycles. The van der Waals surface area contributed by atoms with E-state index in [9.17, 15) is 0 Å². The lowest BCUT2D eigenvalue weighted by atomic mass is 10.3. The molecule has 0 radical (unpaired) electrons.